The van der Waals surface area contributed by atoms with E-state index in [4.69, 9.17) is 4.74 Å². The van der Waals surface area contributed by atoms with Gasteiger partial charge in [-0.25, -0.2) is 0 Å². The molecule has 0 bridgehead atoms. The number of methoxy groups -OCH3 is 1. The molecule has 2 aliphatic rings. The van der Waals surface area contributed by atoms with Crippen molar-refractivity contribution in [3.63, 3.8) is 0 Å². The van der Waals surface area contributed by atoms with Gasteiger partial charge in [0.25, 0.3) is 0 Å². The van der Waals surface area contributed by atoms with Crippen LogP contribution in [0, 0.1) is 23.7 Å². The molecule has 1 heteroatoms. The molecule has 0 spiro atoms. The third-order valence-corrected chi connectivity index (χ3v) is 8.86. The minimum atomic E-state index is 0.817. The first-order chi connectivity index (χ1) is 16.2. The Morgan fingerprint density at radius 1 is 0.788 bits per heavy atom. The third-order valence-electron chi connectivity index (χ3n) is 8.86. The zero-order valence-electron chi connectivity index (χ0n) is 22.0. The molecular weight excluding hydrogens is 400 g/mol. The van der Waals surface area contributed by atoms with Gasteiger partial charge in [0.1, 0.15) is 5.75 Å². The van der Waals surface area contributed by atoms with Gasteiger partial charge < -0.3 is 4.74 Å². The van der Waals surface area contributed by atoms with Crippen LogP contribution >= 0.6 is 0 Å². The van der Waals surface area contributed by atoms with Gasteiger partial charge >= 0.3 is 0 Å². The Labute approximate surface area is 205 Å². The molecule has 0 heterocycles. The Bertz CT molecular complexity index is 661. The summed E-state index contributed by atoms with van der Waals surface area (Å²) in [6, 6.07) is 6.84. The number of hydrogen-bond donors (Lipinski definition) is 0. The molecule has 0 aromatic heterocycles. The minimum absolute atomic E-state index is 0.817. The van der Waals surface area contributed by atoms with Crippen LogP contribution in [0.1, 0.15) is 121 Å². The number of ether oxygens (including phenoxy) is 1. The second-order valence-corrected chi connectivity index (χ2v) is 11.3. The molecule has 0 aliphatic heterocycles. The van der Waals surface area contributed by atoms with E-state index in [2.05, 4.69) is 37.8 Å². The normalized spacial score (nSPS) is 25.6. The van der Waals surface area contributed by atoms with Crippen LogP contribution < -0.4 is 4.74 Å². The smallest absolute Gasteiger partial charge is 0.122 e. The van der Waals surface area contributed by atoms with E-state index in [1.165, 1.54) is 120 Å². The molecule has 3 rings (SSSR count). The summed E-state index contributed by atoms with van der Waals surface area (Å²) in [6.07, 6.45) is 27.6. The van der Waals surface area contributed by atoms with Crippen molar-refractivity contribution in [3.05, 3.63) is 42.0 Å². The SMILES string of the molecule is C=C[C@H]1CC[C@H](CCCCC2CCC(CCCCc3ccc(OC)c(CCC)c3)CC2)CC1. The van der Waals surface area contributed by atoms with Crippen LogP contribution in [0.5, 0.6) is 5.75 Å². The lowest BCUT2D eigenvalue weighted by atomic mass is 9.77. The average molecular weight is 453 g/mol. The number of rotatable bonds is 14. The van der Waals surface area contributed by atoms with Gasteiger partial charge in [0.2, 0.25) is 0 Å². The molecule has 0 N–H and O–H groups in total. The van der Waals surface area contributed by atoms with Crippen molar-refractivity contribution in [2.24, 2.45) is 23.7 Å². The fourth-order valence-electron chi connectivity index (χ4n) is 6.60. The highest BCUT2D eigenvalue weighted by atomic mass is 16.5. The van der Waals surface area contributed by atoms with Crippen molar-refractivity contribution in [3.8, 4) is 5.75 Å². The van der Waals surface area contributed by atoms with Gasteiger partial charge in [0, 0.05) is 0 Å². The third kappa shape index (κ3) is 9.14. The standard InChI is InChI=1S/C32H52O/c1-4-10-31-25-30(23-24-32(31)33-3)14-9-8-13-29-21-19-28(20-22-29)12-7-6-11-27-17-15-26(5-2)16-18-27/h5,23-29H,2,4,6-22H2,1,3H3/t26-,27-,28?,29?. The zero-order chi connectivity index (χ0) is 23.3. The summed E-state index contributed by atoms with van der Waals surface area (Å²) >= 11 is 0. The Balaban J connectivity index is 1.22. The van der Waals surface area contributed by atoms with Crippen LogP contribution in [-0.2, 0) is 12.8 Å². The molecule has 0 radical (unpaired) electrons. The Kier molecular flexibility index (Phi) is 11.9. The Morgan fingerprint density at radius 3 is 1.85 bits per heavy atom. The molecule has 33 heavy (non-hydrogen) atoms. The van der Waals surface area contributed by atoms with Gasteiger partial charge in [0.05, 0.1) is 7.11 Å². The lowest BCUT2D eigenvalue weighted by Crippen LogP contribution is -2.15. The van der Waals surface area contributed by atoms with Crippen LogP contribution in [0.25, 0.3) is 0 Å². The van der Waals surface area contributed by atoms with Crippen molar-refractivity contribution >= 4 is 0 Å². The molecule has 0 amide bonds. The van der Waals surface area contributed by atoms with Crippen molar-refractivity contribution in [2.45, 2.75) is 122 Å². The fraction of sp³-hybridized carbons (Fsp3) is 0.750. The van der Waals surface area contributed by atoms with Gasteiger partial charge in [-0.3, -0.25) is 0 Å². The monoisotopic (exact) mass is 452 g/mol. The predicted octanol–water partition coefficient (Wildman–Crippen LogP) is 9.72. The van der Waals surface area contributed by atoms with Gasteiger partial charge in [-0.15, -0.1) is 6.58 Å². The average Bonchev–Trinajstić information content (AvgIpc) is 2.86. The van der Waals surface area contributed by atoms with E-state index in [0.29, 0.717) is 0 Å². The van der Waals surface area contributed by atoms with E-state index in [1.807, 2.05) is 0 Å². The highest BCUT2D eigenvalue weighted by molar-refractivity contribution is 5.37. The molecule has 2 aliphatic carbocycles. The summed E-state index contributed by atoms with van der Waals surface area (Å²) in [5, 5.41) is 0. The molecule has 2 saturated carbocycles. The molecule has 0 atom stereocenters. The minimum Gasteiger partial charge on any atom is -0.496 e. The van der Waals surface area contributed by atoms with Gasteiger partial charge in [0.15, 0.2) is 0 Å². The summed E-state index contributed by atoms with van der Waals surface area (Å²) in [4.78, 5) is 0. The van der Waals surface area contributed by atoms with Crippen molar-refractivity contribution in [1.82, 2.24) is 0 Å². The van der Waals surface area contributed by atoms with Crippen molar-refractivity contribution in [2.75, 3.05) is 7.11 Å². The maximum atomic E-state index is 5.53. The summed E-state index contributed by atoms with van der Waals surface area (Å²) in [5.74, 6) is 4.94. The predicted molar refractivity (Wildman–Crippen MR) is 144 cm³/mol. The van der Waals surface area contributed by atoms with Crippen molar-refractivity contribution in [1.29, 1.82) is 0 Å². The molecule has 186 valence electrons. The summed E-state index contributed by atoms with van der Waals surface area (Å²) in [6.45, 7) is 6.23. The van der Waals surface area contributed by atoms with E-state index >= 15 is 0 Å². The van der Waals surface area contributed by atoms with E-state index in [9.17, 15) is 0 Å². The number of hydrogen-bond acceptors (Lipinski definition) is 1. The number of aryl methyl sites for hydroxylation is 2. The van der Waals surface area contributed by atoms with E-state index < -0.39 is 0 Å². The second kappa shape index (κ2) is 14.9. The van der Waals surface area contributed by atoms with Crippen LogP contribution in [0.3, 0.4) is 0 Å². The zero-order valence-corrected chi connectivity index (χ0v) is 22.0. The molecule has 1 aromatic rings. The summed E-state index contributed by atoms with van der Waals surface area (Å²) in [7, 11) is 1.79. The molecule has 0 saturated heterocycles. The Hall–Kier alpha value is -1.24. The topological polar surface area (TPSA) is 9.23 Å². The maximum absolute atomic E-state index is 5.53. The van der Waals surface area contributed by atoms with Crippen LogP contribution in [0.15, 0.2) is 30.9 Å². The van der Waals surface area contributed by atoms with Gasteiger partial charge in [-0.2, -0.15) is 0 Å². The second-order valence-electron chi connectivity index (χ2n) is 11.3. The van der Waals surface area contributed by atoms with Crippen molar-refractivity contribution < 1.29 is 4.74 Å². The van der Waals surface area contributed by atoms with E-state index in [0.717, 1.165) is 35.8 Å². The molecule has 1 nitrogen and oxygen atoms in total. The molecule has 2 fully saturated rings. The quantitative estimate of drug-likeness (QED) is 0.201. The lowest BCUT2D eigenvalue weighted by molar-refractivity contribution is 0.239. The van der Waals surface area contributed by atoms with E-state index in [1.54, 1.807) is 7.11 Å². The molecule has 1 aromatic carbocycles. The first-order valence-corrected chi connectivity index (χ1v) is 14.5. The lowest BCUT2D eigenvalue weighted by Gasteiger charge is -2.29. The van der Waals surface area contributed by atoms with Crippen LogP contribution in [-0.4, -0.2) is 7.11 Å². The number of benzene rings is 1. The fourth-order valence-corrected chi connectivity index (χ4v) is 6.60. The number of allylic oxidation sites excluding steroid dienone is 1. The highest BCUT2D eigenvalue weighted by Gasteiger charge is 2.22. The van der Waals surface area contributed by atoms with Crippen LogP contribution in [0.4, 0.5) is 0 Å². The highest BCUT2D eigenvalue weighted by Crippen LogP contribution is 2.36. The number of unbranched alkanes of at least 4 members (excludes halogenated alkanes) is 2. The van der Waals surface area contributed by atoms with Gasteiger partial charge in [-0.1, -0.05) is 95.8 Å². The summed E-state index contributed by atoms with van der Waals surface area (Å²) < 4.78 is 5.53. The first kappa shape index (κ1) is 26.4. The Morgan fingerprint density at radius 2 is 1.33 bits per heavy atom. The van der Waals surface area contributed by atoms with Crippen LogP contribution in [0.2, 0.25) is 0 Å². The first-order valence-electron chi connectivity index (χ1n) is 14.5. The van der Waals surface area contributed by atoms with E-state index in [-0.39, 0.29) is 0 Å². The molecule has 0 unspecified atom stereocenters. The molecular formula is C32H52O. The van der Waals surface area contributed by atoms with Gasteiger partial charge in [-0.05, 0) is 85.8 Å². The summed E-state index contributed by atoms with van der Waals surface area (Å²) in [5.41, 5.74) is 2.88. The maximum Gasteiger partial charge on any atom is 0.122 e. The largest absolute Gasteiger partial charge is 0.496 e.